The minimum absolute atomic E-state index is 0.0598. The van der Waals surface area contributed by atoms with Crippen molar-refractivity contribution in [3.63, 3.8) is 0 Å². The largest absolute Gasteiger partial charge is 0.376 e. The molecule has 7 nitrogen and oxygen atoms in total. The average Bonchev–Trinajstić information content (AvgIpc) is 3.29. The van der Waals surface area contributed by atoms with E-state index in [1.807, 2.05) is 32.0 Å². The number of anilines is 1. The van der Waals surface area contributed by atoms with E-state index in [0.29, 0.717) is 18.9 Å². The van der Waals surface area contributed by atoms with Crippen LogP contribution in [0.15, 0.2) is 28.8 Å². The summed E-state index contributed by atoms with van der Waals surface area (Å²) >= 11 is 0. The van der Waals surface area contributed by atoms with Gasteiger partial charge in [0.25, 0.3) is 5.91 Å². The Labute approximate surface area is 158 Å². The Bertz CT molecular complexity index is 824. The number of carbonyl (C=O) groups is 2. The number of benzene rings is 1. The molecule has 27 heavy (non-hydrogen) atoms. The van der Waals surface area contributed by atoms with E-state index in [4.69, 9.17) is 9.26 Å². The SMILES string of the molecule is Cc1cc(C(=O)N(CC(=O)Nc2cccc(C)c2C)C[C@@H]2CCCO2)no1. The molecule has 3 rings (SSSR count). The summed E-state index contributed by atoms with van der Waals surface area (Å²) < 4.78 is 10.6. The average molecular weight is 371 g/mol. The lowest BCUT2D eigenvalue weighted by Crippen LogP contribution is -2.42. The second kappa shape index (κ2) is 8.35. The molecule has 0 spiro atoms. The van der Waals surface area contributed by atoms with Crippen LogP contribution in [-0.4, -0.2) is 47.7 Å². The van der Waals surface area contributed by atoms with Gasteiger partial charge in [0.1, 0.15) is 12.3 Å². The molecule has 0 saturated carbocycles. The maximum Gasteiger partial charge on any atom is 0.276 e. The summed E-state index contributed by atoms with van der Waals surface area (Å²) in [7, 11) is 0. The van der Waals surface area contributed by atoms with Gasteiger partial charge in [0.05, 0.1) is 6.10 Å². The van der Waals surface area contributed by atoms with Gasteiger partial charge in [0.15, 0.2) is 5.69 Å². The Morgan fingerprint density at radius 3 is 2.78 bits per heavy atom. The lowest BCUT2D eigenvalue weighted by Gasteiger charge is -2.24. The zero-order valence-corrected chi connectivity index (χ0v) is 15.9. The molecule has 1 aliphatic rings. The van der Waals surface area contributed by atoms with Gasteiger partial charge in [-0.2, -0.15) is 0 Å². The lowest BCUT2D eigenvalue weighted by atomic mass is 10.1. The highest BCUT2D eigenvalue weighted by Gasteiger charge is 2.27. The number of nitrogens with one attached hydrogen (secondary N) is 1. The smallest absolute Gasteiger partial charge is 0.276 e. The highest BCUT2D eigenvalue weighted by Crippen LogP contribution is 2.19. The predicted octanol–water partition coefficient (Wildman–Crippen LogP) is 2.86. The number of hydrogen-bond donors (Lipinski definition) is 1. The van der Waals surface area contributed by atoms with Crippen LogP contribution in [-0.2, 0) is 9.53 Å². The second-order valence-corrected chi connectivity index (χ2v) is 6.94. The number of rotatable bonds is 6. The van der Waals surface area contributed by atoms with Gasteiger partial charge in [-0.15, -0.1) is 0 Å². The van der Waals surface area contributed by atoms with Crippen molar-refractivity contribution in [2.45, 2.75) is 39.7 Å². The fourth-order valence-corrected chi connectivity index (χ4v) is 3.13. The van der Waals surface area contributed by atoms with Crippen LogP contribution in [0.25, 0.3) is 0 Å². The molecular formula is C20H25N3O4. The topological polar surface area (TPSA) is 84.7 Å². The molecule has 144 valence electrons. The molecule has 0 unspecified atom stereocenters. The van der Waals surface area contributed by atoms with Crippen molar-refractivity contribution < 1.29 is 18.8 Å². The molecule has 1 aromatic heterocycles. The normalized spacial score (nSPS) is 16.3. The van der Waals surface area contributed by atoms with Crippen molar-refractivity contribution in [1.82, 2.24) is 10.1 Å². The van der Waals surface area contributed by atoms with Crippen LogP contribution in [0.3, 0.4) is 0 Å². The Balaban J connectivity index is 1.72. The van der Waals surface area contributed by atoms with E-state index in [1.54, 1.807) is 13.0 Å². The van der Waals surface area contributed by atoms with Gasteiger partial charge in [-0.3, -0.25) is 9.59 Å². The summed E-state index contributed by atoms with van der Waals surface area (Å²) in [5.74, 6) is -0.0380. The standard InChI is InChI=1S/C20H25N3O4/c1-13-6-4-8-17(15(13)3)21-19(24)12-23(11-16-7-5-9-26-16)20(25)18-10-14(2)27-22-18/h4,6,8,10,16H,5,7,9,11-12H2,1-3H3,(H,21,24)/t16-/m0/s1. The summed E-state index contributed by atoms with van der Waals surface area (Å²) in [5.41, 5.74) is 3.06. The summed E-state index contributed by atoms with van der Waals surface area (Å²) in [6.07, 6.45) is 1.78. The first kappa shape index (κ1) is 19.1. The first-order valence-corrected chi connectivity index (χ1v) is 9.14. The summed E-state index contributed by atoms with van der Waals surface area (Å²) in [6, 6.07) is 7.32. The third kappa shape index (κ3) is 4.74. The van der Waals surface area contributed by atoms with E-state index in [-0.39, 0.29) is 30.2 Å². The second-order valence-electron chi connectivity index (χ2n) is 6.94. The Morgan fingerprint density at radius 2 is 2.11 bits per heavy atom. The lowest BCUT2D eigenvalue weighted by molar-refractivity contribution is -0.117. The van der Waals surface area contributed by atoms with Gasteiger partial charge < -0.3 is 19.5 Å². The van der Waals surface area contributed by atoms with Crippen LogP contribution in [0.2, 0.25) is 0 Å². The van der Waals surface area contributed by atoms with Gasteiger partial charge in [-0.1, -0.05) is 17.3 Å². The Morgan fingerprint density at radius 1 is 1.30 bits per heavy atom. The quantitative estimate of drug-likeness (QED) is 0.844. The highest BCUT2D eigenvalue weighted by molar-refractivity contribution is 5.98. The third-order valence-electron chi connectivity index (χ3n) is 4.80. The van der Waals surface area contributed by atoms with Gasteiger partial charge in [-0.25, -0.2) is 0 Å². The fraction of sp³-hybridized carbons (Fsp3) is 0.450. The predicted molar refractivity (Wildman–Crippen MR) is 101 cm³/mol. The monoisotopic (exact) mass is 371 g/mol. The van der Waals surface area contributed by atoms with E-state index in [1.165, 1.54) is 4.90 Å². The first-order chi connectivity index (χ1) is 12.9. The van der Waals surface area contributed by atoms with Crippen molar-refractivity contribution in [1.29, 1.82) is 0 Å². The van der Waals surface area contributed by atoms with Gasteiger partial charge >= 0.3 is 0 Å². The van der Waals surface area contributed by atoms with Crippen molar-refractivity contribution in [2.75, 3.05) is 25.0 Å². The van der Waals surface area contributed by atoms with Gasteiger partial charge in [0, 0.05) is 24.9 Å². The zero-order chi connectivity index (χ0) is 19.4. The molecule has 2 amide bonds. The molecule has 0 aliphatic carbocycles. The number of hydrogen-bond acceptors (Lipinski definition) is 5. The molecule has 0 bridgehead atoms. The van der Waals surface area contributed by atoms with Crippen LogP contribution in [0.5, 0.6) is 0 Å². The van der Waals surface area contributed by atoms with Crippen molar-refractivity contribution >= 4 is 17.5 Å². The molecule has 0 radical (unpaired) electrons. The van der Waals surface area contributed by atoms with E-state index in [0.717, 1.165) is 29.7 Å². The van der Waals surface area contributed by atoms with Crippen LogP contribution < -0.4 is 5.32 Å². The molecule has 1 fully saturated rings. The molecule has 1 aromatic carbocycles. The molecule has 1 atom stereocenters. The van der Waals surface area contributed by atoms with Crippen LogP contribution in [0.4, 0.5) is 5.69 Å². The number of nitrogens with zero attached hydrogens (tertiary/aromatic N) is 2. The molecule has 1 saturated heterocycles. The van der Waals surface area contributed by atoms with Crippen molar-refractivity contribution in [3.05, 3.63) is 46.8 Å². The molecule has 1 N–H and O–H groups in total. The summed E-state index contributed by atoms with van der Waals surface area (Å²) in [5, 5.41) is 6.69. The molecule has 2 aromatic rings. The van der Waals surface area contributed by atoms with E-state index in [2.05, 4.69) is 10.5 Å². The molecular weight excluding hydrogens is 346 g/mol. The van der Waals surface area contributed by atoms with Gasteiger partial charge in [-0.05, 0) is 50.8 Å². The number of carbonyl (C=O) groups excluding carboxylic acids is 2. The van der Waals surface area contributed by atoms with E-state index < -0.39 is 0 Å². The van der Waals surface area contributed by atoms with Crippen LogP contribution in [0, 0.1) is 20.8 Å². The minimum Gasteiger partial charge on any atom is -0.376 e. The summed E-state index contributed by atoms with van der Waals surface area (Å²) in [4.78, 5) is 26.9. The fourth-order valence-electron chi connectivity index (χ4n) is 3.13. The Kier molecular flexibility index (Phi) is 5.91. The minimum atomic E-state index is -0.335. The van der Waals surface area contributed by atoms with E-state index >= 15 is 0 Å². The number of aryl methyl sites for hydroxylation is 2. The number of ether oxygens (including phenoxy) is 1. The van der Waals surface area contributed by atoms with Crippen molar-refractivity contribution in [3.8, 4) is 0 Å². The molecule has 2 heterocycles. The molecule has 1 aliphatic heterocycles. The van der Waals surface area contributed by atoms with Gasteiger partial charge in [0.2, 0.25) is 5.91 Å². The van der Waals surface area contributed by atoms with Crippen LogP contribution in [0.1, 0.15) is 40.2 Å². The maximum absolute atomic E-state index is 12.8. The van der Waals surface area contributed by atoms with Crippen molar-refractivity contribution in [2.24, 2.45) is 0 Å². The zero-order valence-electron chi connectivity index (χ0n) is 15.9. The molecule has 7 heteroatoms. The number of amides is 2. The summed E-state index contributed by atoms with van der Waals surface area (Å²) in [6.45, 7) is 6.64. The Hall–Kier alpha value is -2.67. The van der Waals surface area contributed by atoms with Crippen LogP contribution >= 0.6 is 0 Å². The highest BCUT2D eigenvalue weighted by atomic mass is 16.5. The maximum atomic E-state index is 12.8. The first-order valence-electron chi connectivity index (χ1n) is 9.14. The van der Waals surface area contributed by atoms with E-state index in [9.17, 15) is 9.59 Å². The number of aromatic nitrogens is 1. The third-order valence-corrected chi connectivity index (χ3v) is 4.80.